The van der Waals surface area contributed by atoms with Crippen LogP contribution >= 0.6 is 0 Å². The van der Waals surface area contributed by atoms with E-state index in [0.717, 1.165) is 13.0 Å². The van der Waals surface area contributed by atoms with Gasteiger partial charge < -0.3 is 10.6 Å². The SMILES string of the molecule is CCC1CN(c2c(F)cc(CC(C)N)cc2F)CCN1C. The first-order valence-electron chi connectivity index (χ1n) is 7.61. The molecule has 1 aromatic rings. The number of benzene rings is 1. The molecule has 0 amide bonds. The van der Waals surface area contributed by atoms with Gasteiger partial charge in [0.15, 0.2) is 0 Å². The van der Waals surface area contributed by atoms with Crippen molar-refractivity contribution in [3.05, 3.63) is 29.3 Å². The van der Waals surface area contributed by atoms with Crippen LogP contribution in [0, 0.1) is 11.6 Å². The molecule has 21 heavy (non-hydrogen) atoms. The standard InChI is InChI=1S/C16H25F2N3/c1-4-13-10-21(6-5-20(13)3)16-14(17)8-12(7-11(2)19)9-15(16)18/h8-9,11,13H,4-7,10,19H2,1-3H3. The molecular formula is C16H25F2N3. The van der Waals surface area contributed by atoms with Gasteiger partial charge in [-0.2, -0.15) is 0 Å². The Bertz CT molecular complexity index is 467. The number of likely N-dealkylation sites (N-methyl/N-ethyl adjacent to an activating group) is 1. The zero-order valence-electron chi connectivity index (χ0n) is 13.1. The summed E-state index contributed by atoms with van der Waals surface area (Å²) in [5, 5.41) is 0. The lowest BCUT2D eigenvalue weighted by Gasteiger charge is -2.40. The fourth-order valence-corrected chi connectivity index (χ4v) is 3.00. The summed E-state index contributed by atoms with van der Waals surface area (Å²) in [6.07, 6.45) is 1.45. The van der Waals surface area contributed by atoms with Gasteiger partial charge in [0.25, 0.3) is 0 Å². The fourth-order valence-electron chi connectivity index (χ4n) is 3.00. The van der Waals surface area contributed by atoms with E-state index in [0.29, 0.717) is 31.1 Å². The van der Waals surface area contributed by atoms with E-state index in [1.165, 1.54) is 12.1 Å². The van der Waals surface area contributed by atoms with E-state index in [4.69, 9.17) is 5.73 Å². The van der Waals surface area contributed by atoms with Crippen LogP contribution in [0.5, 0.6) is 0 Å². The van der Waals surface area contributed by atoms with Crippen molar-refractivity contribution in [3.8, 4) is 0 Å². The normalized spacial score (nSPS) is 21.6. The minimum atomic E-state index is -0.481. The first kappa shape index (κ1) is 16.2. The van der Waals surface area contributed by atoms with Crippen LogP contribution in [-0.2, 0) is 6.42 Å². The summed E-state index contributed by atoms with van der Waals surface area (Å²) in [7, 11) is 2.06. The van der Waals surface area contributed by atoms with E-state index in [1.54, 1.807) is 0 Å². The van der Waals surface area contributed by atoms with Gasteiger partial charge in [0, 0.05) is 31.7 Å². The predicted octanol–water partition coefficient (Wildman–Crippen LogP) is 2.38. The van der Waals surface area contributed by atoms with E-state index in [1.807, 2.05) is 11.8 Å². The second kappa shape index (κ2) is 6.71. The van der Waals surface area contributed by atoms with Gasteiger partial charge >= 0.3 is 0 Å². The molecule has 0 aromatic heterocycles. The summed E-state index contributed by atoms with van der Waals surface area (Å²) in [4.78, 5) is 4.07. The van der Waals surface area contributed by atoms with Crippen molar-refractivity contribution in [2.24, 2.45) is 5.73 Å². The van der Waals surface area contributed by atoms with E-state index in [-0.39, 0.29) is 11.7 Å². The Hall–Kier alpha value is -1.20. The van der Waals surface area contributed by atoms with Crippen LogP contribution in [0.4, 0.5) is 14.5 Å². The molecule has 2 rings (SSSR count). The Kier molecular flexibility index (Phi) is 5.17. The Morgan fingerprint density at radius 1 is 1.29 bits per heavy atom. The zero-order chi connectivity index (χ0) is 15.6. The summed E-state index contributed by atoms with van der Waals surface area (Å²) >= 11 is 0. The van der Waals surface area contributed by atoms with Crippen molar-refractivity contribution in [3.63, 3.8) is 0 Å². The molecule has 1 aliphatic heterocycles. The average Bonchev–Trinajstić information content (AvgIpc) is 2.39. The molecule has 0 bridgehead atoms. The summed E-state index contributed by atoms with van der Waals surface area (Å²) in [5.41, 5.74) is 6.42. The van der Waals surface area contributed by atoms with Crippen LogP contribution in [0.25, 0.3) is 0 Å². The number of halogens is 2. The van der Waals surface area contributed by atoms with Gasteiger partial charge in [-0.1, -0.05) is 6.92 Å². The number of nitrogens with two attached hydrogens (primary N) is 1. The number of hydrogen-bond acceptors (Lipinski definition) is 3. The van der Waals surface area contributed by atoms with Crippen molar-refractivity contribution in [1.29, 1.82) is 0 Å². The number of piperazine rings is 1. The quantitative estimate of drug-likeness (QED) is 0.926. The molecule has 2 atom stereocenters. The summed E-state index contributed by atoms with van der Waals surface area (Å²) in [5.74, 6) is -0.963. The van der Waals surface area contributed by atoms with Crippen molar-refractivity contribution < 1.29 is 8.78 Å². The Morgan fingerprint density at radius 3 is 2.43 bits per heavy atom. The van der Waals surface area contributed by atoms with Crippen LogP contribution in [0.1, 0.15) is 25.8 Å². The van der Waals surface area contributed by atoms with E-state index in [9.17, 15) is 8.78 Å². The lowest BCUT2D eigenvalue weighted by molar-refractivity contribution is 0.212. The number of anilines is 1. The van der Waals surface area contributed by atoms with E-state index in [2.05, 4.69) is 18.9 Å². The topological polar surface area (TPSA) is 32.5 Å². The molecule has 0 saturated carbocycles. The lowest BCUT2D eigenvalue weighted by atomic mass is 10.0. The van der Waals surface area contributed by atoms with Crippen molar-refractivity contribution in [2.75, 3.05) is 31.6 Å². The van der Waals surface area contributed by atoms with Crippen molar-refractivity contribution >= 4 is 5.69 Å². The van der Waals surface area contributed by atoms with Gasteiger partial charge in [-0.15, -0.1) is 0 Å². The Morgan fingerprint density at radius 2 is 1.90 bits per heavy atom. The van der Waals surface area contributed by atoms with Crippen LogP contribution in [0.15, 0.2) is 12.1 Å². The fraction of sp³-hybridized carbons (Fsp3) is 0.625. The molecule has 5 heteroatoms. The van der Waals surface area contributed by atoms with E-state index >= 15 is 0 Å². The Labute approximate surface area is 125 Å². The largest absolute Gasteiger partial charge is 0.364 e. The summed E-state index contributed by atoms with van der Waals surface area (Å²) < 4.78 is 28.7. The second-order valence-corrected chi connectivity index (χ2v) is 6.08. The van der Waals surface area contributed by atoms with Gasteiger partial charge in [0.2, 0.25) is 0 Å². The number of rotatable bonds is 4. The van der Waals surface area contributed by atoms with Gasteiger partial charge in [-0.25, -0.2) is 8.78 Å². The molecule has 1 heterocycles. The first-order valence-corrected chi connectivity index (χ1v) is 7.61. The molecule has 0 spiro atoms. The van der Waals surface area contributed by atoms with Crippen LogP contribution in [0.2, 0.25) is 0 Å². The van der Waals surface area contributed by atoms with Gasteiger partial charge in [-0.05, 0) is 44.5 Å². The third kappa shape index (κ3) is 3.71. The molecule has 0 aliphatic carbocycles. The molecule has 1 aromatic carbocycles. The zero-order valence-corrected chi connectivity index (χ0v) is 13.1. The Balaban J connectivity index is 2.23. The highest BCUT2D eigenvalue weighted by atomic mass is 19.1. The van der Waals surface area contributed by atoms with Gasteiger partial charge in [0.05, 0.1) is 0 Å². The summed E-state index contributed by atoms with van der Waals surface area (Å²) in [6.45, 7) is 6.05. The molecule has 2 unspecified atom stereocenters. The van der Waals surface area contributed by atoms with Crippen LogP contribution < -0.4 is 10.6 Å². The van der Waals surface area contributed by atoms with Crippen molar-refractivity contribution in [2.45, 2.75) is 38.8 Å². The van der Waals surface area contributed by atoms with Crippen LogP contribution in [-0.4, -0.2) is 43.7 Å². The van der Waals surface area contributed by atoms with E-state index < -0.39 is 11.6 Å². The molecule has 3 nitrogen and oxygen atoms in total. The molecular weight excluding hydrogens is 272 g/mol. The molecule has 2 N–H and O–H groups in total. The highest BCUT2D eigenvalue weighted by Gasteiger charge is 2.27. The highest BCUT2D eigenvalue weighted by molar-refractivity contribution is 5.51. The minimum absolute atomic E-state index is 0.106. The minimum Gasteiger partial charge on any atom is -0.364 e. The van der Waals surface area contributed by atoms with Gasteiger partial charge in [0.1, 0.15) is 17.3 Å². The highest BCUT2D eigenvalue weighted by Crippen LogP contribution is 2.28. The molecule has 0 radical (unpaired) electrons. The molecule has 118 valence electrons. The monoisotopic (exact) mass is 297 g/mol. The molecule has 1 fully saturated rings. The number of nitrogens with zero attached hydrogens (tertiary/aromatic N) is 2. The molecule has 1 saturated heterocycles. The molecule has 1 aliphatic rings. The van der Waals surface area contributed by atoms with Crippen molar-refractivity contribution in [1.82, 2.24) is 4.90 Å². The lowest BCUT2D eigenvalue weighted by Crippen LogP contribution is -2.51. The summed E-state index contributed by atoms with van der Waals surface area (Å²) in [6, 6.07) is 3.06. The maximum absolute atomic E-state index is 14.3. The smallest absolute Gasteiger partial charge is 0.149 e. The third-order valence-electron chi connectivity index (χ3n) is 4.20. The predicted molar refractivity (Wildman–Crippen MR) is 82.6 cm³/mol. The second-order valence-electron chi connectivity index (χ2n) is 6.08. The maximum Gasteiger partial charge on any atom is 0.149 e. The van der Waals surface area contributed by atoms with Gasteiger partial charge in [-0.3, -0.25) is 4.90 Å². The third-order valence-corrected chi connectivity index (χ3v) is 4.20. The van der Waals surface area contributed by atoms with Crippen LogP contribution in [0.3, 0.4) is 0 Å². The number of hydrogen-bond donors (Lipinski definition) is 1. The first-order chi connectivity index (χ1) is 9.92. The maximum atomic E-state index is 14.3. The average molecular weight is 297 g/mol.